The summed E-state index contributed by atoms with van der Waals surface area (Å²) in [6, 6.07) is 10.8. The fourth-order valence-corrected chi connectivity index (χ4v) is 2.29. The molecule has 0 saturated carbocycles. The van der Waals surface area contributed by atoms with Crippen molar-refractivity contribution in [2.75, 3.05) is 5.33 Å². The van der Waals surface area contributed by atoms with Crippen LogP contribution in [0.1, 0.15) is 19.3 Å². The lowest BCUT2D eigenvalue weighted by molar-refractivity contribution is 0.619. The Morgan fingerprint density at radius 1 is 1.00 bits per heavy atom. The quantitative estimate of drug-likeness (QED) is 0.564. The molecule has 2 heteroatoms. The van der Waals surface area contributed by atoms with E-state index in [2.05, 4.69) is 57.0 Å². The van der Waals surface area contributed by atoms with Gasteiger partial charge in [0, 0.05) is 23.6 Å². The van der Waals surface area contributed by atoms with Gasteiger partial charge in [0.05, 0.1) is 0 Å². The lowest BCUT2D eigenvalue weighted by Crippen LogP contribution is -1.95. The van der Waals surface area contributed by atoms with Crippen molar-refractivity contribution in [3.63, 3.8) is 0 Å². The van der Waals surface area contributed by atoms with E-state index in [0.717, 1.165) is 11.9 Å². The van der Waals surface area contributed by atoms with Crippen LogP contribution in [0.25, 0.3) is 10.9 Å². The Morgan fingerprint density at radius 3 is 2.73 bits per heavy atom. The maximum Gasteiger partial charge on any atom is 0.0480 e. The van der Waals surface area contributed by atoms with Crippen molar-refractivity contribution in [1.82, 2.24) is 4.57 Å². The number of para-hydroxylation sites is 1. The summed E-state index contributed by atoms with van der Waals surface area (Å²) in [5, 5.41) is 2.47. The third kappa shape index (κ3) is 2.63. The zero-order valence-electron chi connectivity index (χ0n) is 8.82. The van der Waals surface area contributed by atoms with E-state index < -0.39 is 0 Å². The number of rotatable bonds is 5. The summed E-state index contributed by atoms with van der Waals surface area (Å²) in [4.78, 5) is 0. The van der Waals surface area contributed by atoms with Gasteiger partial charge in [0.15, 0.2) is 0 Å². The van der Waals surface area contributed by atoms with Gasteiger partial charge in [0.1, 0.15) is 0 Å². The van der Waals surface area contributed by atoms with E-state index in [0.29, 0.717) is 0 Å². The van der Waals surface area contributed by atoms with Gasteiger partial charge >= 0.3 is 0 Å². The summed E-state index contributed by atoms with van der Waals surface area (Å²) in [5.74, 6) is 0. The van der Waals surface area contributed by atoms with Crippen LogP contribution in [0.3, 0.4) is 0 Å². The van der Waals surface area contributed by atoms with Gasteiger partial charge in [-0.15, -0.1) is 0 Å². The van der Waals surface area contributed by atoms with E-state index in [1.807, 2.05) is 0 Å². The highest BCUT2D eigenvalue weighted by molar-refractivity contribution is 9.09. The Bertz CT molecular complexity index is 419. The Balaban J connectivity index is 2.02. The Morgan fingerprint density at radius 2 is 1.87 bits per heavy atom. The summed E-state index contributed by atoms with van der Waals surface area (Å²) in [6.07, 6.45) is 6.04. The fraction of sp³-hybridized carbons (Fsp3) is 0.385. The number of hydrogen-bond donors (Lipinski definition) is 0. The first-order valence-electron chi connectivity index (χ1n) is 5.51. The van der Waals surface area contributed by atoms with Gasteiger partial charge in [-0.2, -0.15) is 0 Å². The lowest BCUT2D eigenvalue weighted by atomic mass is 10.2. The molecule has 1 heterocycles. The maximum absolute atomic E-state index is 3.46. The molecule has 1 aromatic carbocycles. The van der Waals surface area contributed by atoms with Crippen LogP contribution in [-0.4, -0.2) is 9.90 Å². The molecule has 15 heavy (non-hydrogen) atoms. The first kappa shape index (κ1) is 10.7. The number of aryl methyl sites for hydroxylation is 1. The molecule has 0 saturated heterocycles. The van der Waals surface area contributed by atoms with Crippen molar-refractivity contribution in [2.45, 2.75) is 25.8 Å². The second-order valence-electron chi connectivity index (χ2n) is 3.82. The average molecular weight is 266 g/mol. The molecule has 0 aliphatic heterocycles. The van der Waals surface area contributed by atoms with Gasteiger partial charge in [0.2, 0.25) is 0 Å². The zero-order valence-corrected chi connectivity index (χ0v) is 10.4. The molecule has 2 rings (SSSR count). The first-order valence-corrected chi connectivity index (χ1v) is 6.64. The zero-order chi connectivity index (χ0) is 10.5. The molecule has 0 aliphatic carbocycles. The first-order chi connectivity index (χ1) is 7.42. The number of aromatic nitrogens is 1. The van der Waals surface area contributed by atoms with E-state index in [1.165, 1.54) is 30.2 Å². The minimum Gasteiger partial charge on any atom is -0.347 e. The summed E-state index contributed by atoms with van der Waals surface area (Å²) in [7, 11) is 0. The largest absolute Gasteiger partial charge is 0.347 e. The predicted molar refractivity (Wildman–Crippen MR) is 69.6 cm³/mol. The third-order valence-corrected chi connectivity index (χ3v) is 3.27. The van der Waals surface area contributed by atoms with Crippen LogP contribution in [0, 0.1) is 0 Å². The molecular formula is C13H16BrN. The van der Waals surface area contributed by atoms with Crippen molar-refractivity contribution in [1.29, 1.82) is 0 Å². The molecule has 1 aromatic heterocycles. The standard InChI is InChI=1S/C13H16BrN/c14-9-4-1-5-10-15-11-8-12-6-2-3-7-13(12)15/h2-3,6-8,11H,1,4-5,9-10H2. The maximum atomic E-state index is 3.46. The van der Waals surface area contributed by atoms with Crippen LogP contribution in [-0.2, 0) is 6.54 Å². The molecule has 0 amide bonds. The lowest BCUT2D eigenvalue weighted by Gasteiger charge is -2.04. The molecule has 0 atom stereocenters. The SMILES string of the molecule is BrCCCCCn1ccc2ccccc21. The smallest absolute Gasteiger partial charge is 0.0480 e. The number of halogens is 1. The number of nitrogens with zero attached hydrogens (tertiary/aromatic N) is 1. The Labute approximate surface area is 99.2 Å². The molecule has 0 unspecified atom stereocenters. The number of alkyl halides is 1. The molecular weight excluding hydrogens is 250 g/mol. The molecule has 0 bridgehead atoms. The van der Waals surface area contributed by atoms with Crippen LogP contribution in [0.15, 0.2) is 36.5 Å². The summed E-state index contributed by atoms with van der Waals surface area (Å²) < 4.78 is 2.35. The minimum atomic E-state index is 1.12. The van der Waals surface area contributed by atoms with E-state index in [4.69, 9.17) is 0 Å². The molecule has 0 spiro atoms. The van der Waals surface area contributed by atoms with Crippen LogP contribution >= 0.6 is 15.9 Å². The minimum absolute atomic E-state index is 1.12. The van der Waals surface area contributed by atoms with E-state index in [9.17, 15) is 0 Å². The number of fused-ring (bicyclic) bond motifs is 1. The summed E-state index contributed by atoms with van der Waals surface area (Å²) >= 11 is 3.46. The van der Waals surface area contributed by atoms with Gasteiger partial charge in [-0.3, -0.25) is 0 Å². The molecule has 1 nitrogen and oxygen atoms in total. The highest BCUT2D eigenvalue weighted by Crippen LogP contribution is 2.15. The van der Waals surface area contributed by atoms with Crippen molar-refractivity contribution >= 4 is 26.8 Å². The third-order valence-electron chi connectivity index (χ3n) is 2.71. The summed E-state index contributed by atoms with van der Waals surface area (Å²) in [5.41, 5.74) is 1.36. The van der Waals surface area contributed by atoms with Gasteiger partial charge < -0.3 is 4.57 Å². The van der Waals surface area contributed by atoms with E-state index in [-0.39, 0.29) is 0 Å². The normalized spacial score (nSPS) is 11.0. The monoisotopic (exact) mass is 265 g/mol. The number of hydrogen-bond acceptors (Lipinski definition) is 0. The van der Waals surface area contributed by atoms with Crippen LogP contribution in [0.2, 0.25) is 0 Å². The second kappa shape index (κ2) is 5.36. The van der Waals surface area contributed by atoms with Crippen LogP contribution < -0.4 is 0 Å². The highest BCUT2D eigenvalue weighted by atomic mass is 79.9. The van der Waals surface area contributed by atoms with Crippen molar-refractivity contribution < 1.29 is 0 Å². The molecule has 0 aliphatic rings. The number of unbranched alkanes of at least 4 members (excludes halogenated alkanes) is 2. The molecule has 2 aromatic rings. The molecule has 0 radical (unpaired) electrons. The van der Waals surface area contributed by atoms with Crippen molar-refractivity contribution in [3.8, 4) is 0 Å². The molecule has 0 N–H and O–H groups in total. The Kier molecular flexibility index (Phi) is 3.84. The van der Waals surface area contributed by atoms with Crippen LogP contribution in [0.5, 0.6) is 0 Å². The predicted octanol–water partition coefficient (Wildman–Crippen LogP) is 4.21. The summed E-state index contributed by atoms with van der Waals surface area (Å²) in [6.45, 7) is 1.14. The fourth-order valence-electron chi connectivity index (χ4n) is 1.89. The topological polar surface area (TPSA) is 4.93 Å². The second-order valence-corrected chi connectivity index (χ2v) is 4.61. The molecule has 80 valence electrons. The van der Waals surface area contributed by atoms with Gasteiger partial charge in [-0.05, 0) is 30.4 Å². The van der Waals surface area contributed by atoms with Crippen molar-refractivity contribution in [3.05, 3.63) is 36.5 Å². The van der Waals surface area contributed by atoms with Gasteiger partial charge in [0.25, 0.3) is 0 Å². The van der Waals surface area contributed by atoms with E-state index >= 15 is 0 Å². The van der Waals surface area contributed by atoms with Crippen molar-refractivity contribution in [2.24, 2.45) is 0 Å². The highest BCUT2D eigenvalue weighted by Gasteiger charge is 1.98. The van der Waals surface area contributed by atoms with Gasteiger partial charge in [-0.1, -0.05) is 40.5 Å². The molecule has 0 fully saturated rings. The van der Waals surface area contributed by atoms with Crippen LogP contribution in [0.4, 0.5) is 0 Å². The van der Waals surface area contributed by atoms with E-state index in [1.54, 1.807) is 0 Å². The number of benzene rings is 1. The van der Waals surface area contributed by atoms with Gasteiger partial charge in [-0.25, -0.2) is 0 Å². The average Bonchev–Trinajstić information content (AvgIpc) is 2.68. The Hall–Kier alpha value is -0.760.